The van der Waals surface area contributed by atoms with E-state index in [1.54, 1.807) is 33.4 Å². The highest BCUT2D eigenvalue weighted by Crippen LogP contribution is 2.42. The van der Waals surface area contributed by atoms with E-state index < -0.39 is 0 Å². The Bertz CT molecular complexity index is 638. The third-order valence-electron chi connectivity index (χ3n) is 4.78. The maximum absolute atomic E-state index is 2.43. The molecule has 0 radical (unpaired) electrons. The number of fused-ring (bicyclic) bond motifs is 1. The Morgan fingerprint density at radius 2 is 1.79 bits per heavy atom. The summed E-state index contributed by atoms with van der Waals surface area (Å²) >= 11 is 0. The summed E-state index contributed by atoms with van der Waals surface area (Å²) in [4.78, 5) is 0. The van der Waals surface area contributed by atoms with Crippen molar-refractivity contribution >= 4 is 5.57 Å². The summed E-state index contributed by atoms with van der Waals surface area (Å²) in [6.45, 7) is 2.25. The number of aryl methyl sites for hydroxylation is 3. The van der Waals surface area contributed by atoms with Crippen LogP contribution < -0.4 is 0 Å². The Hall–Kier alpha value is -1.56. The molecular weight excluding hydrogens is 228 g/mol. The molecule has 2 bridgehead atoms. The molecule has 0 spiro atoms. The molecule has 4 rings (SSSR count). The van der Waals surface area contributed by atoms with Crippen molar-refractivity contribution in [1.29, 1.82) is 0 Å². The highest BCUT2D eigenvalue weighted by Gasteiger charge is 2.24. The first-order chi connectivity index (χ1) is 9.31. The van der Waals surface area contributed by atoms with Crippen LogP contribution in [0.1, 0.15) is 47.9 Å². The van der Waals surface area contributed by atoms with Gasteiger partial charge in [0.2, 0.25) is 0 Å². The SMILES string of the molecule is Cc1cc2c3c(c1)CCC1=C3CC(=CC=C1)CCC2. The van der Waals surface area contributed by atoms with Gasteiger partial charge in [0.15, 0.2) is 0 Å². The summed E-state index contributed by atoms with van der Waals surface area (Å²) in [5.74, 6) is 0. The molecule has 0 saturated carbocycles. The summed E-state index contributed by atoms with van der Waals surface area (Å²) in [5.41, 5.74) is 11.1. The summed E-state index contributed by atoms with van der Waals surface area (Å²) in [5, 5.41) is 0. The van der Waals surface area contributed by atoms with E-state index in [2.05, 4.69) is 37.3 Å². The molecule has 0 fully saturated rings. The highest BCUT2D eigenvalue weighted by molar-refractivity contribution is 5.80. The second-order valence-corrected chi connectivity index (χ2v) is 6.18. The van der Waals surface area contributed by atoms with Crippen LogP contribution in [0.4, 0.5) is 0 Å². The molecule has 3 aliphatic rings. The summed E-state index contributed by atoms with van der Waals surface area (Å²) in [6.07, 6.45) is 14.5. The van der Waals surface area contributed by atoms with Gasteiger partial charge >= 0.3 is 0 Å². The van der Waals surface area contributed by atoms with E-state index >= 15 is 0 Å². The molecule has 0 atom stereocenters. The lowest BCUT2D eigenvalue weighted by Crippen LogP contribution is -2.10. The van der Waals surface area contributed by atoms with Crippen molar-refractivity contribution in [2.75, 3.05) is 0 Å². The molecule has 0 saturated heterocycles. The minimum Gasteiger partial charge on any atom is -0.0658 e. The van der Waals surface area contributed by atoms with Gasteiger partial charge in [0.05, 0.1) is 0 Å². The smallest absolute Gasteiger partial charge is 0.00551 e. The van der Waals surface area contributed by atoms with E-state index in [9.17, 15) is 0 Å². The molecule has 1 aromatic carbocycles. The van der Waals surface area contributed by atoms with Gasteiger partial charge in [0, 0.05) is 0 Å². The molecule has 0 aliphatic heterocycles. The van der Waals surface area contributed by atoms with Crippen LogP contribution in [-0.4, -0.2) is 0 Å². The lowest BCUT2D eigenvalue weighted by Gasteiger charge is -2.27. The summed E-state index contributed by atoms with van der Waals surface area (Å²) in [6, 6.07) is 4.85. The Morgan fingerprint density at radius 1 is 0.947 bits per heavy atom. The van der Waals surface area contributed by atoms with Gasteiger partial charge in [-0.3, -0.25) is 0 Å². The van der Waals surface area contributed by atoms with Crippen LogP contribution in [0.25, 0.3) is 5.57 Å². The molecule has 0 aromatic heterocycles. The fraction of sp³-hybridized carbons (Fsp3) is 0.368. The fourth-order valence-corrected chi connectivity index (χ4v) is 3.95. The van der Waals surface area contributed by atoms with Gasteiger partial charge in [-0.25, -0.2) is 0 Å². The van der Waals surface area contributed by atoms with E-state index in [1.807, 2.05) is 0 Å². The third kappa shape index (κ3) is 1.82. The van der Waals surface area contributed by atoms with E-state index in [0.29, 0.717) is 0 Å². The van der Waals surface area contributed by atoms with Gasteiger partial charge in [0.1, 0.15) is 0 Å². The maximum atomic E-state index is 2.43. The van der Waals surface area contributed by atoms with E-state index in [0.717, 1.165) is 0 Å². The monoisotopic (exact) mass is 248 g/mol. The van der Waals surface area contributed by atoms with Crippen molar-refractivity contribution in [3.8, 4) is 0 Å². The lowest BCUT2D eigenvalue weighted by molar-refractivity contribution is 0.776. The van der Waals surface area contributed by atoms with Gasteiger partial charge in [-0.1, -0.05) is 41.5 Å². The molecule has 19 heavy (non-hydrogen) atoms. The highest BCUT2D eigenvalue weighted by atomic mass is 14.3. The predicted octanol–water partition coefficient (Wildman–Crippen LogP) is 4.92. The Balaban J connectivity index is 2.01. The second-order valence-electron chi connectivity index (χ2n) is 6.18. The number of hydrogen-bond donors (Lipinski definition) is 0. The average Bonchev–Trinajstić information content (AvgIpc) is 2.58. The van der Waals surface area contributed by atoms with Crippen molar-refractivity contribution in [2.45, 2.75) is 45.4 Å². The average molecular weight is 248 g/mol. The molecule has 96 valence electrons. The summed E-state index contributed by atoms with van der Waals surface area (Å²) in [7, 11) is 0. The first-order valence-corrected chi connectivity index (χ1v) is 7.52. The molecule has 3 aliphatic carbocycles. The minimum absolute atomic E-state index is 1.19. The van der Waals surface area contributed by atoms with Crippen LogP contribution in [0.2, 0.25) is 0 Å². The van der Waals surface area contributed by atoms with Gasteiger partial charge in [-0.15, -0.1) is 0 Å². The van der Waals surface area contributed by atoms with Crippen LogP contribution in [0.5, 0.6) is 0 Å². The first kappa shape index (κ1) is 11.3. The molecule has 0 N–H and O–H groups in total. The number of allylic oxidation sites excluding steroid dienone is 6. The predicted molar refractivity (Wildman–Crippen MR) is 81.2 cm³/mol. The zero-order valence-electron chi connectivity index (χ0n) is 11.6. The second kappa shape index (κ2) is 4.23. The molecule has 0 heteroatoms. The Morgan fingerprint density at radius 3 is 2.68 bits per heavy atom. The normalized spacial score (nSPS) is 20.6. The van der Waals surface area contributed by atoms with Gasteiger partial charge in [-0.2, -0.15) is 0 Å². The third-order valence-corrected chi connectivity index (χ3v) is 4.78. The molecule has 1 aromatic rings. The van der Waals surface area contributed by atoms with E-state index in [4.69, 9.17) is 0 Å². The van der Waals surface area contributed by atoms with Crippen molar-refractivity contribution in [3.63, 3.8) is 0 Å². The van der Waals surface area contributed by atoms with Crippen molar-refractivity contribution < 1.29 is 0 Å². The molecule has 0 unspecified atom stereocenters. The standard InChI is InChI=1S/C19H20/c1-13-10-16-7-3-5-14-4-2-6-15-8-9-17(11-13)19(16)18(15)12-14/h2,4,6,10-11H,3,5,7-9,12H2,1H3. The zero-order valence-corrected chi connectivity index (χ0v) is 11.6. The number of rotatable bonds is 0. The van der Waals surface area contributed by atoms with Crippen molar-refractivity contribution in [3.05, 3.63) is 63.8 Å². The minimum atomic E-state index is 1.19. The van der Waals surface area contributed by atoms with Crippen molar-refractivity contribution in [2.24, 2.45) is 0 Å². The van der Waals surface area contributed by atoms with Crippen LogP contribution >= 0.6 is 0 Å². The summed E-state index contributed by atoms with van der Waals surface area (Å²) < 4.78 is 0. The van der Waals surface area contributed by atoms with Crippen LogP contribution in [-0.2, 0) is 12.8 Å². The van der Waals surface area contributed by atoms with Crippen LogP contribution in [0.15, 0.2) is 41.5 Å². The fourth-order valence-electron chi connectivity index (χ4n) is 3.95. The quantitative estimate of drug-likeness (QED) is 0.611. The Kier molecular flexibility index (Phi) is 2.51. The Labute approximate surface area is 115 Å². The zero-order chi connectivity index (χ0) is 12.8. The van der Waals surface area contributed by atoms with E-state index in [-0.39, 0.29) is 0 Å². The van der Waals surface area contributed by atoms with Gasteiger partial charge in [0.25, 0.3) is 0 Å². The molecular formula is C19H20. The number of benzene rings is 1. The molecule has 0 amide bonds. The van der Waals surface area contributed by atoms with Gasteiger partial charge in [-0.05, 0) is 73.3 Å². The topological polar surface area (TPSA) is 0 Å². The number of hydrogen-bond acceptors (Lipinski definition) is 0. The van der Waals surface area contributed by atoms with Gasteiger partial charge < -0.3 is 0 Å². The van der Waals surface area contributed by atoms with Crippen LogP contribution in [0.3, 0.4) is 0 Å². The first-order valence-electron chi connectivity index (χ1n) is 7.52. The largest absolute Gasteiger partial charge is 0.0658 e. The molecule has 0 nitrogen and oxygen atoms in total. The maximum Gasteiger partial charge on any atom is -0.00551 e. The van der Waals surface area contributed by atoms with Crippen LogP contribution in [0, 0.1) is 6.92 Å². The van der Waals surface area contributed by atoms with E-state index in [1.165, 1.54) is 44.1 Å². The molecule has 0 heterocycles. The lowest BCUT2D eigenvalue weighted by atomic mass is 9.77. The van der Waals surface area contributed by atoms with Crippen molar-refractivity contribution in [1.82, 2.24) is 0 Å².